The smallest absolute Gasteiger partial charge is 0.00340 e. The van der Waals surface area contributed by atoms with Crippen LogP contribution in [0.2, 0.25) is 0 Å². The first-order chi connectivity index (χ1) is 3.88. The van der Waals surface area contributed by atoms with E-state index in [1.807, 2.05) is 0 Å². The maximum atomic E-state index is 3.45. The number of hydrogen-bond donors (Lipinski definition) is 0. The molecule has 0 heterocycles. The summed E-state index contributed by atoms with van der Waals surface area (Å²) in [6, 6.07) is 0. The molecule has 1 fully saturated rings. The van der Waals surface area contributed by atoms with Crippen molar-refractivity contribution < 1.29 is 0 Å². The van der Waals surface area contributed by atoms with E-state index in [1.54, 1.807) is 0 Å². The van der Waals surface area contributed by atoms with E-state index in [0.29, 0.717) is 0 Å². The Morgan fingerprint density at radius 2 is 2.25 bits per heavy atom. The highest BCUT2D eigenvalue weighted by Crippen LogP contribution is 2.43. The number of hydrogen-bond acceptors (Lipinski definition) is 0. The molecular weight excluding hydrogens is 164 g/mol. The molecule has 1 aliphatic carbocycles. The van der Waals surface area contributed by atoms with E-state index < -0.39 is 0 Å². The average Bonchev–Trinajstić information content (AvgIpc) is 2.48. The summed E-state index contributed by atoms with van der Waals surface area (Å²) in [5.41, 5.74) is 0. The Kier molecular flexibility index (Phi) is 2.36. The maximum Gasteiger partial charge on any atom is 0.00340 e. The van der Waals surface area contributed by atoms with Crippen LogP contribution in [0.15, 0.2) is 0 Å². The lowest BCUT2D eigenvalue weighted by Gasteiger charge is -1.89. The van der Waals surface area contributed by atoms with Crippen LogP contribution in [-0.4, -0.2) is 5.33 Å². The van der Waals surface area contributed by atoms with Gasteiger partial charge in [-0.2, -0.15) is 0 Å². The minimum atomic E-state index is 1.08. The van der Waals surface area contributed by atoms with Gasteiger partial charge < -0.3 is 0 Å². The Morgan fingerprint density at radius 1 is 1.50 bits per heavy atom. The van der Waals surface area contributed by atoms with Gasteiger partial charge in [-0.15, -0.1) is 0 Å². The van der Waals surface area contributed by atoms with Gasteiger partial charge >= 0.3 is 0 Å². The first kappa shape index (κ1) is 6.60. The van der Waals surface area contributed by atoms with E-state index in [9.17, 15) is 0 Å². The molecule has 1 rings (SSSR count). The third-order valence-electron chi connectivity index (χ3n) is 2.07. The molecule has 0 saturated heterocycles. The lowest BCUT2D eigenvalue weighted by Crippen LogP contribution is -1.80. The molecule has 0 aliphatic heterocycles. The van der Waals surface area contributed by atoms with Crippen LogP contribution in [0.3, 0.4) is 0 Å². The summed E-state index contributed by atoms with van der Waals surface area (Å²) in [5.74, 6) is 2.17. The van der Waals surface area contributed by atoms with Crippen molar-refractivity contribution in [3.63, 3.8) is 0 Å². The minimum absolute atomic E-state index is 1.08. The van der Waals surface area contributed by atoms with Crippen LogP contribution in [-0.2, 0) is 0 Å². The van der Waals surface area contributed by atoms with Gasteiger partial charge in [-0.3, -0.25) is 0 Å². The molecule has 2 atom stereocenters. The molecule has 0 bridgehead atoms. The van der Waals surface area contributed by atoms with Crippen LogP contribution in [0, 0.1) is 11.8 Å². The zero-order valence-corrected chi connectivity index (χ0v) is 6.95. The number of rotatable bonds is 3. The summed E-state index contributed by atoms with van der Waals surface area (Å²) in [5, 5.41) is 1.20. The molecule has 8 heavy (non-hydrogen) atoms. The fourth-order valence-corrected chi connectivity index (χ4v) is 1.89. The molecular formula is C7H13Br. The summed E-state index contributed by atoms with van der Waals surface area (Å²) in [6.07, 6.45) is 4.30. The second-order valence-corrected chi connectivity index (χ2v) is 3.43. The predicted molar refractivity (Wildman–Crippen MR) is 40.3 cm³/mol. The van der Waals surface area contributed by atoms with Gasteiger partial charge in [0.15, 0.2) is 0 Å². The van der Waals surface area contributed by atoms with Crippen LogP contribution < -0.4 is 0 Å². The largest absolute Gasteiger partial charge is 0.0928 e. The van der Waals surface area contributed by atoms with Crippen LogP contribution in [0.4, 0.5) is 0 Å². The van der Waals surface area contributed by atoms with Crippen molar-refractivity contribution in [2.45, 2.75) is 26.2 Å². The molecule has 0 spiro atoms. The Hall–Kier alpha value is 0.480. The molecule has 1 saturated carbocycles. The Labute approximate surface area is 59.8 Å². The number of halogens is 1. The zero-order chi connectivity index (χ0) is 5.98. The molecule has 0 amide bonds. The molecule has 0 aromatic carbocycles. The molecule has 0 unspecified atom stereocenters. The van der Waals surface area contributed by atoms with E-state index in [4.69, 9.17) is 0 Å². The van der Waals surface area contributed by atoms with E-state index in [-0.39, 0.29) is 0 Å². The van der Waals surface area contributed by atoms with Crippen LogP contribution >= 0.6 is 15.9 Å². The van der Waals surface area contributed by atoms with Gasteiger partial charge in [0.05, 0.1) is 0 Å². The highest BCUT2D eigenvalue weighted by Gasteiger charge is 2.33. The lowest BCUT2D eigenvalue weighted by molar-refractivity contribution is 0.669. The third-order valence-corrected chi connectivity index (χ3v) is 2.53. The van der Waals surface area contributed by atoms with Crippen molar-refractivity contribution in [1.29, 1.82) is 0 Å². The first-order valence-corrected chi connectivity index (χ1v) is 4.56. The first-order valence-electron chi connectivity index (χ1n) is 3.44. The lowest BCUT2D eigenvalue weighted by atomic mass is 10.2. The van der Waals surface area contributed by atoms with E-state index in [0.717, 1.165) is 11.8 Å². The van der Waals surface area contributed by atoms with Crippen LogP contribution in [0.25, 0.3) is 0 Å². The third kappa shape index (κ3) is 1.48. The summed E-state index contributed by atoms with van der Waals surface area (Å²) in [4.78, 5) is 0. The summed E-state index contributed by atoms with van der Waals surface area (Å²) in [6.45, 7) is 2.29. The molecule has 48 valence electrons. The van der Waals surface area contributed by atoms with Gasteiger partial charge in [-0.1, -0.05) is 29.3 Å². The van der Waals surface area contributed by atoms with Gasteiger partial charge in [0.2, 0.25) is 0 Å². The van der Waals surface area contributed by atoms with E-state index in [1.165, 1.54) is 24.6 Å². The standard InChI is InChI=1S/C7H13Br/c1-2-6-5-7(6)3-4-8/h6-7H,2-5H2,1H3/t6-,7+/m1/s1. The monoisotopic (exact) mass is 176 g/mol. The predicted octanol–water partition coefficient (Wildman–Crippen LogP) is 2.82. The summed E-state index contributed by atoms with van der Waals surface area (Å²) in [7, 11) is 0. The van der Waals surface area contributed by atoms with Gasteiger partial charge in [0.25, 0.3) is 0 Å². The van der Waals surface area contributed by atoms with Gasteiger partial charge in [0.1, 0.15) is 0 Å². The Balaban J connectivity index is 1.99. The second kappa shape index (κ2) is 2.86. The van der Waals surface area contributed by atoms with Gasteiger partial charge in [-0.05, 0) is 24.7 Å². The Bertz CT molecular complexity index is 70.8. The molecule has 1 aliphatic rings. The topological polar surface area (TPSA) is 0 Å². The normalized spacial score (nSPS) is 35.2. The number of alkyl halides is 1. The quantitative estimate of drug-likeness (QED) is 0.581. The van der Waals surface area contributed by atoms with E-state index in [2.05, 4.69) is 22.9 Å². The van der Waals surface area contributed by atoms with Crippen molar-refractivity contribution in [1.82, 2.24) is 0 Å². The molecule has 1 heteroatoms. The molecule has 0 nitrogen and oxygen atoms in total. The SMILES string of the molecule is CC[C@@H]1C[C@@H]1CCBr. The minimum Gasteiger partial charge on any atom is -0.0928 e. The Morgan fingerprint density at radius 3 is 2.62 bits per heavy atom. The average molecular weight is 177 g/mol. The highest BCUT2D eigenvalue weighted by molar-refractivity contribution is 9.09. The van der Waals surface area contributed by atoms with Crippen molar-refractivity contribution in [2.75, 3.05) is 5.33 Å². The molecule has 0 aromatic rings. The van der Waals surface area contributed by atoms with Crippen molar-refractivity contribution >= 4 is 15.9 Å². The molecule has 0 radical (unpaired) electrons. The highest BCUT2D eigenvalue weighted by atomic mass is 79.9. The van der Waals surface area contributed by atoms with Gasteiger partial charge in [-0.25, -0.2) is 0 Å². The van der Waals surface area contributed by atoms with Crippen molar-refractivity contribution in [2.24, 2.45) is 11.8 Å². The second-order valence-electron chi connectivity index (χ2n) is 2.64. The fraction of sp³-hybridized carbons (Fsp3) is 1.00. The van der Waals surface area contributed by atoms with Crippen LogP contribution in [0.1, 0.15) is 26.2 Å². The van der Waals surface area contributed by atoms with E-state index >= 15 is 0 Å². The maximum absolute atomic E-state index is 3.45. The van der Waals surface area contributed by atoms with Crippen LogP contribution in [0.5, 0.6) is 0 Å². The van der Waals surface area contributed by atoms with Crippen molar-refractivity contribution in [3.05, 3.63) is 0 Å². The summed E-state index contributed by atoms with van der Waals surface area (Å²) < 4.78 is 0. The molecule has 0 aromatic heterocycles. The fourth-order valence-electron chi connectivity index (χ4n) is 1.30. The summed E-state index contributed by atoms with van der Waals surface area (Å²) >= 11 is 3.45. The zero-order valence-electron chi connectivity index (χ0n) is 5.36. The van der Waals surface area contributed by atoms with Gasteiger partial charge in [0, 0.05) is 5.33 Å². The van der Waals surface area contributed by atoms with Crippen molar-refractivity contribution in [3.8, 4) is 0 Å². The molecule has 0 N–H and O–H groups in total.